The smallest absolute Gasteiger partial charge is 0.409 e. The third kappa shape index (κ3) is 4.51. The van der Waals surface area contributed by atoms with E-state index >= 15 is 0 Å². The zero-order chi connectivity index (χ0) is 11.5. The summed E-state index contributed by atoms with van der Waals surface area (Å²) in [6, 6.07) is 0. The van der Waals surface area contributed by atoms with Gasteiger partial charge in [-0.25, -0.2) is 4.79 Å². The average Bonchev–Trinajstić information content (AvgIpc) is 2.14. The highest BCUT2D eigenvalue weighted by Gasteiger charge is 2.21. The summed E-state index contributed by atoms with van der Waals surface area (Å²) in [5, 5.41) is 0. The molecule has 0 unspecified atom stereocenters. The van der Waals surface area contributed by atoms with E-state index in [0.717, 1.165) is 26.2 Å². The molecule has 1 rings (SSSR count). The van der Waals surface area contributed by atoms with Crippen molar-refractivity contribution in [1.29, 1.82) is 0 Å². The maximum Gasteiger partial charge on any atom is 0.409 e. The Labute approximate surface area is 92.2 Å². The first-order valence-electron chi connectivity index (χ1n) is 5.49. The van der Waals surface area contributed by atoms with Gasteiger partial charge in [0.05, 0.1) is 6.61 Å². The van der Waals surface area contributed by atoms with E-state index in [1.807, 2.05) is 0 Å². The van der Waals surface area contributed by atoms with Crippen LogP contribution in [0.3, 0.4) is 0 Å². The predicted molar refractivity (Wildman–Crippen MR) is 59.9 cm³/mol. The van der Waals surface area contributed by atoms with Crippen LogP contribution in [0.15, 0.2) is 0 Å². The zero-order valence-corrected chi connectivity index (χ0v) is 10.2. The molecular formula is C11H22N2O2. The first-order valence-corrected chi connectivity index (χ1v) is 5.49. The summed E-state index contributed by atoms with van der Waals surface area (Å²) >= 11 is 0. The van der Waals surface area contributed by atoms with Gasteiger partial charge >= 0.3 is 6.09 Å². The molecule has 0 N–H and O–H groups in total. The fraction of sp³-hybridized carbons (Fsp3) is 0.909. The fourth-order valence-corrected chi connectivity index (χ4v) is 1.36. The highest BCUT2D eigenvalue weighted by Crippen LogP contribution is 2.14. The Morgan fingerprint density at radius 1 is 1.20 bits per heavy atom. The first kappa shape index (κ1) is 12.3. The largest absolute Gasteiger partial charge is 0.449 e. The quantitative estimate of drug-likeness (QED) is 0.661. The fourth-order valence-electron chi connectivity index (χ4n) is 1.36. The molecular weight excluding hydrogens is 192 g/mol. The van der Waals surface area contributed by atoms with E-state index in [0.29, 0.717) is 6.61 Å². The number of amides is 1. The van der Waals surface area contributed by atoms with E-state index in [2.05, 4.69) is 32.7 Å². The van der Waals surface area contributed by atoms with Gasteiger partial charge in [-0.3, -0.25) is 0 Å². The Hall–Kier alpha value is -0.770. The number of rotatable bonds is 1. The molecule has 1 saturated heterocycles. The second-order valence-electron chi connectivity index (χ2n) is 5.41. The number of piperazine rings is 1. The van der Waals surface area contributed by atoms with Gasteiger partial charge in [0.1, 0.15) is 0 Å². The lowest BCUT2D eigenvalue weighted by Gasteiger charge is -2.32. The minimum absolute atomic E-state index is 0.0439. The molecule has 0 aromatic rings. The summed E-state index contributed by atoms with van der Waals surface area (Å²) in [5.74, 6) is 0. The lowest BCUT2D eigenvalue weighted by Crippen LogP contribution is -2.47. The molecule has 0 atom stereocenters. The van der Waals surface area contributed by atoms with Crippen molar-refractivity contribution in [2.24, 2.45) is 5.41 Å². The lowest BCUT2D eigenvalue weighted by molar-refractivity contribution is 0.0583. The van der Waals surface area contributed by atoms with Gasteiger partial charge in [0.15, 0.2) is 0 Å². The van der Waals surface area contributed by atoms with E-state index < -0.39 is 0 Å². The Balaban J connectivity index is 2.29. The molecule has 1 heterocycles. The van der Waals surface area contributed by atoms with Gasteiger partial charge in [0.2, 0.25) is 0 Å². The van der Waals surface area contributed by atoms with Crippen LogP contribution in [0.4, 0.5) is 4.79 Å². The van der Waals surface area contributed by atoms with Crippen molar-refractivity contribution >= 4 is 6.09 Å². The van der Waals surface area contributed by atoms with Crippen LogP contribution in [0.2, 0.25) is 0 Å². The molecule has 0 bridgehead atoms. The molecule has 0 aliphatic carbocycles. The minimum atomic E-state index is -0.168. The number of hydrogen-bond acceptors (Lipinski definition) is 3. The van der Waals surface area contributed by atoms with Crippen LogP contribution in [0.1, 0.15) is 20.8 Å². The van der Waals surface area contributed by atoms with E-state index in [4.69, 9.17) is 4.74 Å². The summed E-state index contributed by atoms with van der Waals surface area (Å²) in [5.41, 5.74) is 0.0439. The standard InChI is InChI=1S/C11H22N2O2/c1-11(2,3)9-15-10(14)13-7-5-12(4)6-8-13/h5-9H2,1-4H3. The first-order chi connectivity index (χ1) is 6.88. The second-order valence-corrected chi connectivity index (χ2v) is 5.41. The third-order valence-electron chi connectivity index (χ3n) is 2.39. The lowest BCUT2D eigenvalue weighted by atomic mass is 9.99. The van der Waals surface area contributed by atoms with Gasteiger partial charge in [-0.15, -0.1) is 0 Å². The van der Waals surface area contributed by atoms with Gasteiger partial charge in [-0.1, -0.05) is 20.8 Å². The summed E-state index contributed by atoms with van der Waals surface area (Å²) in [6.07, 6.45) is -0.168. The third-order valence-corrected chi connectivity index (χ3v) is 2.39. The SMILES string of the molecule is CN1CCN(C(=O)OCC(C)(C)C)CC1. The van der Waals surface area contributed by atoms with E-state index in [1.54, 1.807) is 4.90 Å². The van der Waals surface area contributed by atoms with E-state index in [1.165, 1.54) is 0 Å². The summed E-state index contributed by atoms with van der Waals surface area (Å²) < 4.78 is 5.25. The molecule has 4 heteroatoms. The van der Waals surface area contributed by atoms with E-state index in [-0.39, 0.29) is 11.5 Å². The Kier molecular flexibility index (Phi) is 3.97. The minimum Gasteiger partial charge on any atom is -0.449 e. The van der Waals surface area contributed by atoms with E-state index in [9.17, 15) is 4.79 Å². The molecule has 1 fully saturated rings. The van der Waals surface area contributed by atoms with Crippen LogP contribution in [-0.2, 0) is 4.74 Å². The zero-order valence-electron chi connectivity index (χ0n) is 10.2. The molecule has 4 nitrogen and oxygen atoms in total. The Morgan fingerprint density at radius 2 is 1.73 bits per heavy atom. The molecule has 1 aliphatic heterocycles. The molecule has 0 aromatic heterocycles. The Bertz CT molecular complexity index is 215. The van der Waals surface area contributed by atoms with Crippen LogP contribution in [0.25, 0.3) is 0 Å². The normalized spacial score (nSPS) is 19.1. The van der Waals surface area contributed by atoms with Gasteiger partial charge in [0, 0.05) is 26.2 Å². The Morgan fingerprint density at radius 3 is 2.20 bits per heavy atom. The van der Waals surface area contributed by atoms with Crippen molar-refractivity contribution < 1.29 is 9.53 Å². The number of hydrogen-bond donors (Lipinski definition) is 0. The summed E-state index contributed by atoms with van der Waals surface area (Å²) in [7, 11) is 2.07. The molecule has 0 spiro atoms. The van der Waals surface area contributed by atoms with Crippen LogP contribution >= 0.6 is 0 Å². The number of carbonyl (C=O) groups is 1. The molecule has 0 aromatic carbocycles. The summed E-state index contributed by atoms with van der Waals surface area (Å²) in [4.78, 5) is 15.6. The summed E-state index contributed by atoms with van der Waals surface area (Å²) in [6.45, 7) is 10.1. The monoisotopic (exact) mass is 214 g/mol. The average molecular weight is 214 g/mol. The van der Waals surface area contributed by atoms with Gasteiger partial charge in [0.25, 0.3) is 0 Å². The number of likely N-dealkylation sites (N-methyl/N-ethyl adjacent to an activating group) is 1. The predicted octanol–water partition coefficient (Wildman–Crippen LogP) is 1.42. The van der Waals surface area contributed by atoms with Crippen molar-refractivity contribution in [3.63, 3.8) is 0 Å². The maximum absolute atomic E-state index is 11.6. The van der Waals surface area contributed by atoms with Crippen molar-refractivity contribution in [3.8, 4) is 0 Å². The number of nitrogens with zero attached hydrogens (tertiary/aromatic N) is 2. The molecule has 1 aliphatic rings. The van der Waals surface area contributed by atoms with Crippen LogP contribution < -0.4 is 0 Å². The van der Waals surface area contributed by atoms with Crippen molar-refractivity contribution in [3.05, 3.63) is 0 Å². The highest BCUT2D eigenvalue weighted by molar-refractivity contribution is 5.67. The molecule has 15 heavy (non-hydrogen) atoms. The number of ether oxygens (including phenoxy) is 1. The molecule has 1 amide bonds. The maximum atomic E-state index is 11.6. The van der Waals surface area contributed by atoms with Gasteiger partial charge < -0.3 is 14.5 Å². The number of carbonyl (C=O) groups excluding carboxylic acids is 1. The second kappa shape index (κ2) is 4.84. The molecule has 0 radical (unpaired) electrons. The van der Waals surface area contributed by atoms with Crippen molar-refractivity contribution in [2.45, 2.75) is 20.8 Å². The van der Waals surface area contributed by atoms with Crippen LogP contribution in [0.5, 0.6) is 0 Å². The van der Waals surface area contributed by atoms with Crippen molar-refractivity contribution in [1.82, 2.24) is 9.80 Å². The highest BCUT2D eigenvalue weighted by atomic mass is 16.6. The van der Waals surface area contributed by atoms with Gasteiger partial charge in [-0.2, -0.15) is 0 Å². The van der Waals surface area contributed by atoms with Gasteiger partial charge in [-0.05, 0) is 12.5 Å². The topological polar surface area (TPSA) is 32.8 Å². The van der Waals surface area contributed by atoms with Crippen LogP contribution in [-0.4, -0.2) is 55.7 Å². The van der Waals surface area contributed by atoms with Crippen molar-refractivity contribution in [2.75, 3.05) is 39.8 Å². The molecule has 0 saturated carbocycles. The van der Waals surface area contributed by atoms with Crippen LogP contribution in [0, 0.1) is 5.41 Å². The molecule has 88 valence electrons.